The molecule has 0 saturated carbocycles. The van der Waals surface area contributed by atoms with Crippen LogP contribution in [0.3, 0.4) is 0 Å². The van der Waals surface area contributed by atoms with Crippen molar-refractivity contribution in [3.63, 3.8) is 0 Å². The zero-order valence-corrected chi connectivity index (χ0v) is 4.96. The summed E-state index contributed by atoms with van der Waals surface area (Å²) >= 11 is 0. The van der Waals surface area contributed by atoms with E-state index >= 15 is 0 Å². The second-order valence-corrected chi connectivity index (χ2v) is 1.51. The molecule has 0 aliphatic rings. The molecule has 48 valence electrons. The number of aliphatic hydroxyl groups excluding tert-OH is 1. The van der Waals surface area contributed by atoms with Gasteiger partial charge in [0, 0.05) is 6.54 Å². The number of hydrogen-bond donors (Lipinski definition) is 3. The lowest BCUT2D eigenvalue weighted by Gasteiger charge is -2.01. The van der Waals surface area contributed by atoms with Crippen LogP contribution in [0.15, 0.2) is 12.3 Å². The van der Waals surface area contributed by atoms with E-state index in [1.54, 1.807) is 13.0 Å². The highest BCUT2D eigenvalue weighted by atomic mass is 16.3. The summed E-state index contributed by atoms with van der Waals surface area (Å²) in [6.07, 6.45) is 2.72. The van der Waals surface area contributed by atoms with E-state index < -0.39 is 6.23 Å². The first-order valence-corrected chi connectivity index (χ1v) is 2.55. The van der Waals surface area contributed by atoms with E-state index in [1.165, 1.54) is 6.20 Å². The van der Waals surface area contributed by atoms with Crippen molar-refractivity contribution in [2.24, 2.45) is 5.73 Å². The van der Waals surface area contributed by atoms with Gasteiger partial charge >= 0.3 is 0 Å². The van der Waals surface area contributed by atoms with Crippen molar-refractivity contribution in [3.05, 3.63) is 12.3 Å². The summed E-state index contributed by atoms with van der Waals surface area (Å²) < 4.78 is 0. The third kappa shape index (κ3) is 5.46. The highest BCUT2D eigenvalue weighted by Gasteiger charge is 1.85. The summed E-state index contributed by atoms with van der Waals surface area (Å²) in [4.78, 5) is 0. The van der Waals surface area contributed by atoms with Gasteiger partial charge in [0.2, 0.25) is 0 Å². The van der Waals surface area contributed by atoms with E-state index in [4.69, 9.17) is 10.8 Å². The minimum atomic E-state index is -0.453. The van der Waals surface area contributed by atoms with E-state index in [9.17, 15) is 0 Å². The molecule has 0 bridgehead atoms. The van der Waals surface area contributed by atoms with Crippen molar-refractivity contribution in [3.8, 4) is 0 Å². The first-order chi connectivity index (χ1) is 3.77. The average Bonchev–Trinajstić information content (AvgIpc) is 1.66. The molecule has 0 aromatic rings. The van der Waals surface area contributed by atoms with Crippen LogP contribution in [0.2, 0.25) is 0 Å². The molecular weight excluding hydrogens is 104 g/mol. The van der Waals surface area contributed by atoms with Gasteiger partial charge in [-0.25, -0.2) is 0 Å². The Morgan fingerprint density at radius 2 is 2.50 bits per heavy atom. The first-order valence-electron chi connectivity index (χ1n) is 2.55. The minimum absolute atomic E-state index is 0.453. The van der Waals surface area contributed by atoms with Crippen molar-refractivity contribution in [2.45, 2.75) is 13.2 Å². The maximum atomic E-state index is 8.59. The van der Waals surface area contributed by atoms with Crippen molar-refractivity contribution in [2.75, 3.05) is 6.54 Å². The van der Waals surface area contributed by atoms with Gasteiger partial charge < -0.3 is 10.8 Å². The molecule has 0 aliphatic carbocycles. The molecule has 0 amide bonds. The Labute approximate surface area is 49.2 Å². The van der Waals surface area contributed by atoms with Gasteiger partial charge in [-0.15, -0.1) is 0 Å². The zero-order chi connectivity index (χ0) is 6.41. The second kappa shape index (κ2) is 4.61. The zero-order valence-electron chi connectivity index (χ0n) is 4.96. The molecule has 1 atom stereocenters. The SMILES string of the molecule is CC(O)NCC=CN. The van der Waals surface area contributed by atoms with E-state index in [1.807, 2.05) is 0 Å². The highest BCUT2D eigenvalue weighted by molar-refractivity contribution is 4.77. The third-order valence-electron chi connectivity index (χ3n) is 0.667. The summed E-state index contributed by atoms with van der Waals surface area (Å²) in [5, 5.41) is 11.3. The van der Waals surface area contributed by atoms with E-state index in [0.29, 0.717) is 6.54 Å². The lowest BCUT2D eigenvalue weighted by Crippen LogP contribution is -2.25. The minimum Gasteiger partial charge on any atom is -0.405 e. The Balaban J connectivity index is 2.93. The Kier molecular flexibility index (Phi) is 4.30. The smallest absolute Gasteiger partial charge is 0.102 e. The van der Waals surface area contributed by atoms with Crippen LogP contribution in [0.1, 0.15) is 6.92 Å². The lowest BCUT2D eigenvalue weighted by molar-refractivity contribution is 0.161. The van der Waals surface area contributed by atoms with Gasteiger partial charge in [0.1, 0.15) is 6.23 Å². The fourth-order valence-corrected chi connectivity index (χ4v) is 0.307. The van der Waals surface area contributed by atoms with E-state index in [0.717, 1.165) is 0 Å². The summed E-state index contributed by atoms with van der Waals surface area (Å²) in [7, 11) is 0. The standard InChI is InChI=1S/C5H12N2O/c1-5(8)7-4-2-3-6/h2-3,5,7-8H,4,6H2,1H3. The summed E-state index contributed by atoms with van der Waals surface area (Å²) in [5.74, 6) is 0. The van der Waals surface area contributed by atoms with Crippen LogP contribution in [0.25, 0.3) is 0 Å². The fraction of sp³-hybridized carbons (Fsp3) is 0.600. The predicted molar refractivity (Wildman–Crippen MR) is 33.0 cm³/mol. The predicted octanol–water partition coefficient (Wildman–Crippen LogP) is -0.613. The molecule has 0 aromatic carbocycles. The van der Waals surface area contributed by atoms with Gasteiger partial charge in [0.25, 0.3) is 0 Å². The first kappa shape index (κ1) is 7.46. The Morgan fingerprint density at radius 1 is 1.88 bits per heavy atom. The number of nitrogens with one attached hydrogen (secondary N) is 1. The topological polar surface area (TPSA) is 58.3 Å². The van der Waals surface area contributed by atoms with Gasteiger partial charge in [-0.05, 0) is 13.1 Å². The molecule has 0 radical (unpaired) electrons. The Hall–Kier alpha value is -0.540. The molecule has 1 unspecified atom stereocenters. The van der Waals surface area contributed by atoms with Gasteiger partial charge in [0.15, 0.2) is 0 Å². The molecule has 3 heteroatoms. The number of rotatable bonds is 3. The normalized spacial score (nSPS) is 14.8. The molecule has 0 spiro atoms. The Morgan fingerprint density at radius 3 is 2.88 bits per heavy atom. The van der Waals surface area contributed by atoms with Gasteiger partial charge in [-0.2, -0.15) is 0 Å². The summed E-state index contributed by atoms with van der Waals surface area (Å²) in [6.45, 7) is 2.28. The Bertz CT molecular complexity index is 70.8. The fourth-order valence-electron chi connectivity index (χ4n) is 0.307. The largest absolute Gasteiger partial charge is 0.405 e. The van der Waals surface area contributed by atoms with Gasteiger partial charge in [-0.3, -0.25) is 5.32 Å². The quantitative estimate of drug-likeness (QED) is 0.431. The van der Waals surface area contributed by atoms with Crippen molar-refractivity contribution in [1.29, 1.82) is 0 Å². The molecule has 8 heavy (non-hydrogen) atoms. The third-order valence-corrected chi connectivity index (χ3v) is 0.667. The highest BCUT2D eigenvalue weighted by Crippen LogP contribution is 1.69. The van der Waals surface area contributed by atoms with Crippen molar-refractivity contribution < 1.29 is 5.11 Å². The molecule has 0 saturated heterocycles. The molecule has 0 rings (SSSR count). The number of nitrogens with two attached hydrogens (primary N) is 1. The molecular formula is C5H12N2O. The molecule has 0 heterocycles. The van der Waals surface area contributed by atoms with Crippen LogP contribution in [0, 0.1) is 0 Å². The number of hydrogen-bond acceptors (Lipinski definition) is 3. The maximum absolute atomic E-state index is 8.59. The average molecular weight is 116 g/mol. The van der Waals surface area contributed by atoms with E-state index in [2.05, 4.69) is 5.32 Å². The monoisotopic (exact) mass is 116 g/mol. The van der Waals surface area contributed by atoms with Crippen LogP contribution in [0.5, 0.6) is 0 Å². The molecule has 3 nitrogen and oxygen atoms in total. The van der Waals surface area contributed by atoms with Crippen LogP contribution >= 0.6 is 0 Å². The molecule has 0 fully saturated rings. The van der Waals surface area contributed by atoms with E-state index in [-0.39, 0.29) is 0 Å². The lowest BCUT2D eigenvalue weighted by atomic mass is 10.5. The van der Waals surface area contributed by atoms with Crippen LogP contribution in [-0.2, 0) is 0 Å². The van der Waals surface area contributed by atoms with Crippen LogP contribution in [-0.4, -0.2) is 17.9 Å². The maximum Gasteiger partial charge on any atom is 0.102 e. The molecule has 0 aromatic heterocycles. The van der Waals surface area contributed by atoms with Crippen molar-refractivity contribution in [1.82, 2.24) is 5.32 Å². The van der Waals surface area contributed by atoms with Crippen LogP contribution in [0.4, 0.5) is 0 Å². The van der Waals surface area contributed by atoms with Gasteiger partial charge in [0.05, 0.1) is 0 Å². The number of aliphatic hydroxyl groups is 1. The van der Waals surface area contributed by atoms with Crippen molar-refractivity contribution >= 4 is 0 Å². The van der Waals surface area contributed by atoms with Crippen LogP contribution < -0.4 is 11.1 Å². The molecule has 4 N–H and O–H groups in total. The summed E-state index contributed by atoms with van der Waals surface area (Å²) in [6, 6.07) is 0. The second-order valence-electron chi connectivity index (χ2n) is 1.51. The molecule has 0 aliphatic heterocycles. The summed E-state index contributed by atoms with van der Waals surface area (Å²) in [5.41, 5.74) is 5.01. The van der Waals surface area contributed by atoms with Gasteiger partial charge in [-0.1, -0.05) is 6.08 Å².